The fraction of sp³-hybridized carbons (Fsp3) is 0.211. The molecule has 0 saturated heterocycles. The van der Waals surface area contributed by atoms with Crippen molar-refractivity contribution in [2.24, 2.45) is 4.99 Å². The van der Waals surface area contributed by atoms with Gasteiger partial charge in [-0.25, -0.2) is 9.66 Å². The van der Waals surface area contributed by atoms with Gasteiger partial charge in [0, 0.05) is 5.71 Å². The number of aliphatic imine (C=N–C) groups is 1. The molecule has 1 aromatic heterocycles. The third-order valence-electron chi connectivity index (χ3n) is 4.53. The first-order valence-electron chi connectivity index (χ1n) is 8.80. The molecular formula is C19H17F3N6O. The summed E-state index contributed by atoms with van der Waals surface area (Å²) in [6, 6.07) is 4.62. The van der Waals surface area contributed by atoms with Gasteiger partial charge in [0.15, 0.2) is 11.6 Å². The number of hydrogen-bond donors (Lipinski definition) is 3. The van der Waals surface area contributed by atoms with Crippen LogP contribution in [0.3, 0.4) is 0 Å². The highest BCUT2D eigenvalue weighted by molar-refractivity contribution is 6.04. The number of anilines is 1. The minimum atomic E-state index is -4.48. The molecule has 29 heavy (non-hydrogen) atoms. The maximum Gasteiger partial charge on any atom is 0.416 e. The van der Waals surface area contributed by atoms with Gasteiger partial charge in [-0.15, -0.1) is 0 Å². The summed E-state index contributed by atoms with van der Waals surface area (Å²) in [6.07, 6.45) is 1.59. The Morgan fingerprint density at radius 1 is 1.31 bits per heavy atom. The minimum absolute atomic E-state index is 0.0781. The van der Waals surface area contributed by atoms with Gasteiger partial charge in [-0.2, -0.15) is 13.2 Å². The van der Waals surface area contributed by atoms with Gasteiger partial charge >= 0.3 is 6.18 Å². The molecule has 1 amide bonds. The number of alkyl halides is 3. The van der Waals surface area contributed by atoms with E-state index in [1.54, 1.807) is 18.2 Å². The first-order valence-corrected chi connectivity index (χ1v) is 8.80. The molecule has 0 bridgehead atoms. The van der Waals surface area contributed by atoms with Crippen LogP contribution in [0.15, 0.2) is 53.4 Å². The molecule has 2 aliphatic rings. The molecule has 0 aliphatic carbocycles. The fourth-order valence-electron chi connectivity index (χ4n) is 3.08. The molecule has 0 fully saturated rings. The van der Waals surface area contributed by atoms with Crippen molar-refractivity contribution < 1.29 is 18.0 Å². The zero-order valence-corrected chi connectivity index (χ0v) is 15.3. The molecule has 0 saturated carbocycles. The lowest BCUT2D eigenvalue weighted by Crippen LogP contribution is -2.33. The Morgan fingerprint density at radius 2 is 2.10 bits per heavy atom. The number of imidazole rings is 1. The van der Waals surface area contributed by atoms with Crippen molar-refractivity contribution in [1.29, 1.82) is 0 Å². The lowest BCUT2D eigenvalue weighted by atomic mass is 9.99. The van der Waals surface area contributed by atoms with Crippen LogP contribution < -0.4 is 16.1 Å². The summed E-state index contributed by atoms with van der Waals surface area (Å²) in [4.78, 5) is 20.7. The van der Waals surface area contributed by atoms with E-state index in [9.17, 15) is 18.0 Å². The number of carbonyl (C=O) groups excluding carboxylic acids is 1. The Kier molecular flexibility index (Phi) is 4.61. The van der Waals surface area contributed by atoms with Crippen LogP contribution in [0.25, 0.3) is 6.08 Å². The molecule has 1 aromatic carbocycles. The van der Waals surface area contributed by atoms with Gasteiger partial charge in [0.2, 0.25) is 0 Å². The number of aromatic nitrogens is 2. The highest BCUT2D eigenvalue weighted by Crippen LogP contribution is 2.36. The van der Waals surface area contributed by atoms with Crippen LogP contribution in [0.1, 0.15) is 29.9 Å². The topological polar surface area (TPSA) is 83.3 Å². The molecule has 10 heteroatoms. The number of fused-ring (bicyclic) bond motifs is 1. The molecule has 0 spiro atoms. The van der Waals surface area contributed by atoms with Crippen molar-refractivity contribution in [1.82, 2.24) is 15.0 Å². The number of amides is 1. The maximum atomic E-state index is 13.4. The van der Waals surface area contributed by atoms with E-state index in [2.05, 4.69) is 26.0 Å². The fourth-order valence-corrected chi connectivity index (χ4v) is 3.08. The average molecular weight is 402 g/mol. The Hall–Kier alpha value is -3.56. The summed E-state index contributed by atoms with van der Waals surface area (Å²) < 4.78 is 41.6. The number of halogens is 3. The van der Waals surface area contributed by atoms with Crippen LogP contribution in [-0.2, 0) is 11.0 Å². The monoisotopic (exact) mass is 402 g/mol. The van der Waals surface area contributed by atoms with E-state index in [0.29, 0.717) is 18.2 Å². The van der Waals surface area contributed by atoms with E-state index in [1.807, 2.05) is 6.92 Å². The van der Waals surface area contributed by atoms with Crippen LogP contribution >= 0.6 is 0 Å². The van der Waals surface area contributed by atoms with Crippen molar-refractivity contribution in [3.63, 3.8) is 0 Å². The van der Waals surface area contributed by atoms with E-state index in [-0.39, 0.29) is 11.3 Å². The Labute approximate surface area is 164 Å². The Morgan fingerprint density at radius 3 is 2.83 bits per heavy atom. The first-order chi connectivity index (χ1) is 13.8. The van der Waals surface area contributed by atoms with Crippen LogP contribution in [-0.4, -0.2) is 27.8 Å². The maximum absolute atomic E-state index is 13.4. The third kappa shape index (κ3) is 3.73. The second-order valence-corrected chi connectivity index (χ2v) is 6.60. The van der Waals surface area contributed by atoms with Crippen LogP contribution in [0.5, 0.6) is 0 Å². The number of nitrogens with one attached hydrogen (secondary N) is 3. The molecule has 7 nitrogen and oxygen atoms in total. The molecule has 3 N–H and O–H groups in total. The van der Waals surface area contributed by atoms with Crippen molar-refractivity contribution in [3.8, 4) is 0 Å². The summed E-state index contributed by atoms with van der Waals surface area (Å²) in [5.41, 5.74) is 3.47. The van der Waals surface area contributed by atoms with Gasteiger partial charge in [-0.1, -0.05) is 24.3 Å². The molecule has 1 unspecified atom stereocenters. The van der Waals surface area contributed by atoms with Crippen LogP contribution in [0.2, 0.25) is 0 Å². The summed E-state index contributed by atoms with van der Waals surface area (Å²) in [5, 5.41) is 5.64. The van der Waals surface area contributed by atoms with Gasteiger partial charge in [-0.3, -0.25) is 9.79 Å². The zero-order valence-electron chi connectivity index (χ0n) is 15.3. The smallest absolute Gasteiger partial charge is 0.374 e. The van der Waals surface area contributed by atoms with E-state index >= 15 is 0 Å². The van der Waals surface area contributed by atoms with Crippen LogP contribution in [0, 0.1) is 0 Å². The second-order valence-electron chi connectivity index (χ2n) is 6.60. The summed E-state index contributed by atoms with van der Waals surface area (Å²) >= 11 is 0. The van der Waals surface area contributed by atoms with E-state index in [1.165, 1.54) is 29.2 Å². The normalized spacial score (nSPS) is 18.1. The number of benzene rings is 1. The molecule has 1 atom stereocenters. The number of nitrogens with zero attached hydrogens (tertiary/aromatic N) is 3. The van der Waals surface area contributed by atoms with Crippen molar-refractivity contribution in [3.05, 3.63) is 65.4 Å². The SMILES string of the molecule is CC1=NC=C(C(=O)Nc2cnc3n2NC(c2ccccc2C(F)(F)F)C=C3)NC1. The number of hydrogen-bond acceptors (Lipinski definition) is 5. The summed E-state index contributed by atoms with van der Waals surface area (Å²) in [5.74, 6) is 0.339. The van der Waals surface area contributed by atoms with Gasteiger partial charge in [0.25, 0.3) is 5.91 Å². The molecular weight excluding hydrogens is 385 g/mol. The number of rotatable bonds is 3. The molecule has 150 valence electrons. The molecule has 4 rings (SSSR count). The van der Waals surface area contributed by atoms with Crippen molar-refractivity contribution in [2.75, 3.05) is 17.3 Å². The van der Waals surface area contributed by atoms with Gasteiger partial charge in [-0.05, 0) is 24.6 Å². The average Bonchev–Trinajstić information content (AvgIpc) is 3.10. The standard InChI is InChI=1S/C19H17F3N6O/c1-11-8-24-15(9-23-11)18(29)26-17-10-25-16-7-6-14(27-28(16)17)12-4-2-3-5-13(12)19(20,21)22/h2-7,9-10,14,24,27H,8H2,1H3,(H,26,29). The lowest BCUT2D eigenvalue weighted by molar-refractivity contribution is -0.138. The number of carbonyl (C=O) groups is 1. The third-order valence-corrected chi connectivity index (χ3v) is 4.53. The molecule has 2 aliphatic heterocycles. The summed E-state index contributed by atoms with van der Waals surface area (Å²) in [7, 11) is 0. The predicted octanol–water partition coefficient (Wildman–Crippen LogP) is 3.06. The molecule has 2 aromatic rings. The van der Waals surface area contributed by atoms with E-state index in [4.69, 9.17) is 0 Å². The van der Waals surface area contributed by atoms with E-state index in [0.717, 1.165) is 11.8 Å². The Balaban J connectivity index is 1.58. The highest BCUT2D eigenvalue weighted by Gasteiger charge is 2.35. The van der Waals surface area contributed by atoms with Gasteiger partial charge in [0.1, 0.15) is 5.70 Å². The second kappa shape index (κ2) is 7.12. The minimum Gasteiger partial charge on any atom is -0.374 e. The highest BCUT2D eigenvalue weighted by atomic mass is 19.4. The Bertz CT molecular complexity index is 1050. The predicted molar refractivity (Wildman–Crippen MR) is 103 cm³/mol. The van der Waals surface area contributed by atoms with Crippen molar-refractivity contribution >= 4 is 23.5 Å². The van der Waals surface area contributed by atoms with Crippen LogP contribution in [0.4, 0.5) is 19.0 Å². The summed E-state index contributed by atoms with van der Waals surface area (Å²) in [6.45, 7) is 2.29. The lowest BCUT2D eigenvalue weighted by Gasteiger charge is -2.26. The molecule has 0 radical (unpaired) electrons. The largest absolute Gasteiger partial charge is 0.416 e. The van der Waals surface area contributed by atoms with Gasteiger partial charge < -0.3 is 16.1 Å². The zero-order chi connectivity index (χ0) is 20.6. The first kappa shape index (κ1) is 18.8. The quantitative estimate of drug-likeness (QED) is 0.737. The van der Waals surface area contributed by atoms with E-state index < -0.39 is 23.7 Å². The molecule has 3 heterocycles. The van der Waals surface area contributed by atoms with Crippen molar-refractivity contribution in [2.45, 2.75) is 19.1 Å². The van der Waals surface area contributed by atoms with Gasteiger partial charge in [0.05, 0.1) is 30.5 Å².